The normalized spacial score (nSPS) is 15.4. The molecule has 0 aliphatic heterocycles. The number of nitrogens with two attached hydrogens (primary N) is 1. The van der Waals surface area contributed by atoms with E-state index in [1.807, 2.05) is 12.4 Å². The Morgan fingerprint density at radius 1 is 1.33 bits per heavy atom. The van der Waals surface area contributed by atoms with E-state index in [1.54, 1.807) is 0 Å². The Labute approximate surface area is 91.3 Å². The summed E-state index contributed by atoms with van der Waals surface area (Å²) < 4.78 is 0. The van der Waals surface area contributed by atoms with Crippen LogP contribution in [-0.2, 0) is 0 Å². The molecule has 1 fully saturated rings. The van der Waals surface area contributed by atoms with Gasteiger partial charge in [0.15, 0.2) is 0 Å². The molecule has 15 heavy (non-hydrogen) atoms. The van der Waals surface area contributed by atoms with Crippen LogP contribution in [0.2, 0.25) is 0 Å². The van der Waals surface area contributed by atoms with E-state index in [9.17, 15) is 0 Å². The Bertz CT molecular complexity index is 324. The molecule has 1 saturated carbocycles. The predicted molar refractivity (Wildman–Crippen MR) is 63.1 cm³/mol. The summed E-state index contributed by atoms with van der Waals surface area (Å²) in [5.74, 6) is 0. The minimum atomic E-state index is 0.716. The maximum absolute atomic E-state index is 5.68. The number of rotatable bonds is 4. The van der Waals surface area contributed by atoms with Crippen LogP contribution in [0.25, 0.3) is 0 Å². The van der Waals surface area contributed by atoms with Gasteiger partial charge < -0.3 is 10.6 Å². The quantitative estimate of drug-likeness (QED) is 0.812. The van der Waals surface area contributed by atoms with Gasteiger partial charge in [0.25, 0.3) is 0 Å². The van der Waals surface area contributed by atoms with Crippen LogP contribution in [0, 0.1) is 13.8 Å². The van der Waals surface area contributed by atoms with Crippen LogP contribution < -0.4 is 10.6 Å². The fourth-order valence-corrected chi connectivity index (χ4v) is 2.15. The summed E-state index contributed by atoms with van der Waals surface area (Å²) >= 11 is 0. The largest absolute Gasteiger partial charge is 0.367 e. The third-order valence-electron chi connectivity index (χ3n) is 2.93. The first-order valence-corrected chi connectivity index (χ1v) is 5.62. The van der Waals surface area contributed by atoms with Gasteiger partial charge in [0.05, 0.1) is 0 Å². The number of anilines is 1. The van der Waals surface area contributed by atoms with Crippen molar-refractivity contribution in [3.05, 3.63) is 23.5 Å². The van der Waals surface area contributed by atoms with E-state index in [-0.39, 0.29) is 0 Å². The summed E-state index contributed by atoms with van der Waals surface area (Å²) in [7, 11) is 0. The molecular formula is C12H19N3. The molecule has 2 rings (SSSR count). The molecule has 0 saturated heterocycles. The van der Waals surface area contributed by atoms with Crippen LogP contribution in [0.3, 0.4) is 0 Å². The van der Waals surface area contributed by atoms with Gasteiger partial charge in [-0.3, -0.25) is 4.98 Å². The summed E-state index contributed by atoms with van der Waals surface area (Å²) in [5.41, 5.74) is 9.54. The highest BCUT2D eigenvalue weighted by Crippen LogP contribution is 2.34. The highest BCUT2D eigenvalue weighted by Gasteiger charge is 2.30. The summed E-state index contributed by atoms with van der Waals surface area (Å²) in [6.07, 6.45) is 6.49. The molecule has 0 bridgehead atoms. The minimum Gasteiger partial charge on any atom is -0.367 e. The third kappa shape index (κ3) is 2.12. The lowest BCUT2D eigenvalue weighted by Crippen LogP contribution is -2.32. The van der Waals surface area contributed by atoms with Crippen molar-refractivity contribution in [2.45, 2.75) is 32.7 Å². The highest BCUT2D eigenvalue weighted by molar-refractivity contribution is 5.59. The molecule has 1 aromatic rings. The van der Waals surface area contributed by atoms with E-state index in [1.165, 1.54) is 29.7 Å². The zero-order valence-electron chi connectivity index (χ0n) is 9.53. The van der Waals surface area contributed by atoms with Gasteiger partial charge in [-0.2, -0.15) is 0 Å². The first kappa shape index (κ1) is 10.4. The lowest BCUT2D eigenvalue weighted by atomic mass is 10.1. The van der Waals surface area contributed by atoms with Crippen LogP contribution in [0.5, 0.6) is 0 Å². The molecule has 1 heterocycles. The maximum atomic E-state index is 5.68. The van der Waals surface area contributed by atoms with E-state index in [4.69, 9.17) is 5.73 Å². The summed E-state index contributed by atoms with van der Waals surface area (Å²) in [6.45, 7) is 5.93. The summed E-state index contributed by atoms with van der Waals surface area (Å²) in [4.78, 5) is 6.66. The minimum absolute atomic E-state index is 0.716. The van der Waals surface area contributed by atoms with E-state index < -0.39 is 0 Å². The van der Waals surface area contributed by atoms with Gasteiger partial charge in [0.2, 0.25) is 0 Å². The summed E-state index contributed by atoms with van der Waals surface area (Å²) in [5, 5.41) is 0. The van der Waals surface area contributed by atoms with Crippen molar-refractivity contribution in [1.29, 1.82) is 0 Å². The van der Waals surface area contributed by atoms with Crippen LogP contribution in [0.15, 0.2) is 12.4 Å². The number of nitrogens with zero attached hydrogens (tertiary/aromatic N) is 2. The van der Waals surface area contributed by atoms with E-state index >= 15 is 0 Å². The van der Waals surface area contributed by atoms with Crippen molar-refractivity contribution < 1.29 is 0 Å². The number of aromatic nitrogens is 1. The molecule has 0 unspecified atom stereocenters. The molecule has 0 spiro atoms. The number of aryl methyl sites for hydroxylation is 2. The number of hydrogen-bond donors (Lipinski definition) is 1. The molecule has 0 amide bonds. The second-order valence-corrected chi connectivity index (χ2v) is 4.34. The van der Waals surface area contributed by atoms with Gasteiger partial charge >= 0.3 is 0 Å². The zero-order valence-corrected chi connectivity index (χ0v) is 9.53. The predicted octanol–water partition coefficient (Wildman–Crippen LogP) is 1.63. The average molecular weight is 205 g/mol. The molecule has 1 aliphatic carbocycles. The van der Waals surface area contributed by atoms with Crippen molar-refractivity contribution in [2.75, 3.05) is 18.0 Å². The molecule has 0 aromatic carbocycles. The molecule has 2 N–H and O–H groups in total. The Balaban J connectivity index is 2.31. The Morgan fingerprint density at radius 3 is 2.40 bits per heavy atom. The zero-order chi connectivity index (χ0) is 10.8. The molecule has 3 heteroatoms. The lowest BCUT2D eigenvalue weighted by Gasteiger charge is -2.27. The van der Waals surface area contributed by atoms with Crippen LogP contribution in [0.4, 0.5) is 5.69 Å². The molecular weight excluding hydrogens is 186 g/mol. The van der Waals surface area contributed by atoms with Crippen molar-refractivity contribution in [3.8, 4) is 0 Å². The van der Waals surface area contributed by atoms with Crippen molar-refractivity contribution >= 4 is 5.69 Å². The second-order valence-electron chi connectivity index (χ2n) is 4.34. The Kier molecular flexibility index (Phi) is 2.91. The molecule has 1 aromatic heterocycles. The molecule has 82 valence electrons. The van der Waals surface area contributed by atoms with Gasteiger partial charge in [0, 0.05) is 37.2 Å². The van der Waals surface area contributed by atoms with Gasteiger partial charge in [-0.15, -0.1) is 0 Å². The van der Waals surface area contributed by atoms with E-state index in [0.717, 1.165) is 13.1 Å². The standard InChI is InChI=1S/C12H19N3/c1-9-7-14-8-10(2)12(9)15(6-5-13)11-3-4-11/h7-8,11H,3-6,13H2,1-2H3. The fraction of sp³-hybridized carbons (Fsp3) is 0.583. The Hall–Kier alpha value is -1.09. The number of hydrogen-bond acceptors (Lipinski definition) is 3. The lowest BCUT2D eigenvalue weighted by molar-refractivity contribution is 0.778. The van der Waals surface area contributed by atoms with Crippen molar-refractivity contribution in [1.82, 2.24) is 4.98 Å². The first-order chi connectivity index (χ1) is 7.24. The first-order valence-electron chi connectivity index (χ1n) is 5.62. The van der Waals surface area contributed by atoms with Crippen molar-refractivity contribution in [2.24, 2.45) is 5.73 Å². The molecule has 3 nitrogen and oxygen atoms in total. The molecule has 0 atom stereocenters. The van der Waals surface area contributed by atoms with Gasteiger partial charge in [-0.05, 0) is 37.8 Å². The van der Waals surface area contributed by atoms with E-state index in [0.29, 0.717) is 6.04 Å². The van der Waals surface area contributed by atoms with Crippen molar-refractivity contribution in [3.63, 3.8) is 0 Å². The third-order valence-corrected chi connectivity index (χ3v) is 2.93. The van der Waals surface area contributed by atoms with Crippen LogP contribution in [0.1, 0.15) is 24.0 Å². The number of pyridine rings is 1. The van der Waals surface area contributed by atoms with Gasteiger partial charge in [-0.25, -0.2) is 0 Å². The SMILES string of the molecule is Cc1cncc(C)c1N(CCN)C1CC1. The summed E-state index contributed by atoms with van der Waals surface area (Å²) in [6, 6.07) is 0.716. The maximum Gasteiger partial charge on any atom is 0.0459 e. The van der Waals surface area contributed by atoms with Crippen LogP contribution >= 0.6 is 0 Å². The van der Waals surface area contributed by atoms with Gasteiger partial charge in [-0.1, -0.05) is 0 Å². The topological polar surface area (TPSA) is 42.2 Å². The highest BCUT2D eigenvalue weighted by atomic mass is 15.2. The monoisotopic (exact) mass is 205 g/mol. The van der Waals surface area contributed by atoms with Crippen LogP contribution in [-0.4, -0.2) is 24.1 Å². The second kappa shape index (κ2) is 4.19. The molecule has 0 radical (unpaired) electrons. The smallest absolute Gasteiger partial charge is 0.0459 e. The fourth-order valence-electron chi connectivity index (χ4n) is 2.15. The average Bonchev–Trinajstić information content (AvgIpc) is 2.99. The van der Waals surface area contributed by atoms with Gasteiger partial charge in [0.1, 0.15) is 0 Å². The van der Waals surface area contributed by atoms with E-state index in [2.05, 4.69) is 23.7 Å². The Morgan fingerprint density at radius 2 is 1.93 bits per heavy atom. The molecule has 1 aliphatic rings.